The third-order valence-corrected chi connectivity index (χ3v) is 2.67. The second-order valence-corrected chi connectivity index (χ2v) is 5.79. The average molecular weight is 281 g/mol. The summed E-state index contributed by atoms with van der Waals surface area (Å²) < 4.78 is 10.7. The van der Waals surface area contributed by atoms with Gasteiger partial charge in [-0.3, -0.25) is 0 Å². The summed E-state index contributed by atoms with van der Waals surface area (Å²) in [5.74, 6) is 2.24. The molecule has 0 aromatic carbocycles. The smallest absolute Gasteiger partial charge is 0.218 e. The van der Waals surface area contributed by atoms with Crippen LogP contribution in [-0.2, 0) is 10.2 Å². The van der Waals surface area contributed by atoms with Crippen LogP contribution in [0.15, 0.2) is 6.07 Å². The minimum atomic E-state index is -0.103. The second kappa shape index (κ2) is 8.04. The van der Waals surface area contributed by atoms with Crippen molar-refractivity contribution in [3.8, 4) is 5.88 Å². The number of rotatable bonds is 8. The van der Waals surface area contributed by atoms with E-state index in [1.54, 1.807) is 7.11 Å². The van der Waals surface area contributed by atoms with Crippen LogP contribution in [0.3, 0.4) is 0 Å². The Hall–Kier alpha value is -1.36. The number of aromatic nitrogens is 2. The fourth-order valence-corrected chi connectivity index (χ4v) is 1.56. The van der Waals surface area contributed by atoms with E-state index in [-0.39, 0.29) is 5.41 Å². The van der Waals surface area contributed by atoms with E-state index < -0.39 is 0 Å². The summed E-state index contributed by atoms with van der Waals surface area (Å²) in [6.07, 6.45) is 1.90. The molecule has 0 saturated carbocycles. The highest BCUT2D eigenvalue weighted by atomic mass is 16.5. The van der Waals surface area contributed by atoms with Gasteiger partial charge in [-0.05, 0) is 6.42 Å². The summed E-state index contributed by atoms with van der Waals surface area (Å²) >= 11 is 0. The van der Waals surface area contributed by atoms with Crippen LogP contribution in [0.4, 0.5) is 5.82 Å². The van der Waals surface area contributed by atoms with E-state index in [1.807, 2.05) is 6.07 Å². The number of ether oxygens (including phenoxy) is 2. The maximum atomic E-state index is 5.69. The highest BCUT2D eigenvalue weighted by Gasteiger charge is 2.19. The molecule has 0 amide bonds. The van der Waals surface area contributed by atoms with E-state index in [0.717, 1.165) is 31.0 Å². The van der Waals surface area contributed by atoms with Crippen molar-refractivity contribution in [2.75, 3.05) is 32.2 Å². The lowest BCUT2D eigenvalue weighted by molar-refractivity contribution is 0.170. The van der Waals surface area contributed by atoms with Gasteiger partial charge < -0.3 is 14.8 Å². The first kappa shape index (κ1) is 16.7. The topological polar surface area (TPSA) is 56.3 Å². The largest absolute Gasteiger partial charge is 0.477 e. The van der Waals surface area contributed by atoms with E-state index in [2.05, 4.69) is 43.0 Å². The molecule has 5 heteroatoms. The van der Waals surface area contributed by atoms with Crippen molar-refractivity contribution in [2.24, 2.45) is 0 Å². The quantitative estimate of drug-likeness (QED) is 0.742. The van der Waals surface area contributed by atoms with Gasteiger partial charge in [-0.2, -0.15) is 4.98 Å². The van der Waals surface area contributed by atoms with Crippen LogP contribution < -0.4 is 10.1 Å². The zero-order valence-electron chi connectivity index (χ0n) is 13.3. The monoisotopic (exact) mass is 281 g/mol. The molecule has 0 fully saturated rings. The Balaban J connectivity index is 2.80. The summed E-state index contributed by atoms with van der Waals surface area (Å²) in [7, 11) is 1.69. The van der Waals surface area contributed by atoms with Gasteiger partial charge in [0.25, 0.3) is 0 Å². The Bertz CT molecular complexity index is 403. The van der Waals surface area contributed by atoms with E-state index >= 15 is 0 Å². The third-order valence-electron chi connectivity index (χ3n) is 2.67. The number of hydrogen-bond donors (Lipinski definition) is 1. The molecule has 20 heavy (non-hydrogen) atoms. The second-order valence-electron chi connectivity index (χ2n) is 5.79. The zero-order chi connectivity index (χ0) is 15.0. The van der Waals surface area contributed by atoms with Gasteiger partial charge in [-0.1, -0.05) is 27.7 Å². The molecule has 0 radical (unpaired) electrons. The first-order valence-corrected chi connectivity index (χ1v) is 7.22. The van der Waals surface area contributed by atoms with Crippen molar-refractivity contribution in [1.82, 2.24) is 9.97 Å². The molecule has 0 atom stereocenters. The molecule has 0 saturated heterocycles. The Morgan fingerprint density at radius 3 is 2.55 bits per heavy atom. The molecule has 0 aliphatic heterocycles. The molecule has 0 aliphatic rings. The first-order valence-electron chi connectivity index (χ1n) is 7.22. The van der Waals surface area contributed by atoms with Crippen LogP contribution in [0.25, 0.3) is 0 Å². The Morgan fingerprint density at radius 2 is 1.95 bits per heavy atom. The fraction of sp³-hybridized carbons (Fsp3) is 0.733. The molecule has 0 bridgehead atoms. The van der Waals surface area contributed by atoms with Crippen molar-refractivity contribution < 1.29 is 9.47 Å². The van der Waals surface area contributed by atoms with Crippen LogP contribution in [0, 0.1) is 0 Å². The third kappa shape index (κ3) is 5.74. The van der Waals surface area contributed by atoms with Gasteiger partial charge in [0, 0.05) is 38.2 Å². The van der Waals surface area contributed by atoms with Gasteiger partial charge in [0.05, 0.1) is 6.61 Å². The lowest BCUT2D eigenvalue weighted by atomic mass is 9.96. The molecule has 114 valence electrons. The van der Waals surface area contributed by atoms with E-state index in [1.165, 1.54) is 0 Å². The average Bonchev–Trinajstić information content (AvgIpc) is 2.40. The lowest BCUT2D eigenvalue weighted by Crippen LogP contribution is -2.18. The SMILES string of the molecule is CCCNc1cc(OCCCOC)nc(C(C)(C)C)n1. The molecule has 1 rings (SSSR count). The molecule has 0 aliphatic carbocycles. The van der Waals surface area contributed by atoms with Crippen LogP contribution in [0.2, 0.25) is 0 Å². The van der Waals surface area contributed by atoms with E-state index in [0.29, 0.717) is 19.1 Å². The summed E-state index contributed by atoms with van der Waals surface area (Å²) in [5, 5.41) is 3.29. The summed E-state index contributed by atoms with van der Waals surface area (Å²) in [6.45, 7) is 10.6. The van der Waals surface area contributed by atoms with Gasteiger partial charge in [-0.15, -0.1) is 0 Å². The van der Waals surface area contributed by atoms with Crippen LogP contribution >= 0.6 is 0 Å². The maximum Gasteiger partial charge on any atom is 0.218 e. The standard InChI is InChI=1S/C15H27N3O2/c1-6-8-16-12-11-13(20-10-7-9-19-5)18-14(17-12)15(2,3)4/h11H,6-10H2,1-5H3,(H,16,17,18). The van der Waals surface area contributed by atoms with Gasteiger partial charge in [0.1, 0.15) is 11.6 Å². The van der Waals surface area contributed by atoms with Crippen molar-refractivity contribution >= 4 is 5.82 Å². The fourth-order valence-electron chi connectivity index (χ4n) is 1.56. The van der Waals surface area contributed by atoms with Gasteiger partial charge in [0.2, 0.25) is 5.88 Å². The molecular weight excluding hydrogens is 254 g/mol. The predicted molar refractivity (Wildman–Crippen MR) is 81.5 cm³/mol. The maximum absolute atomic E-state index is 5.69. The normalized spacial score (nSPS) is 11.4. The number of methoxy groups -OCH3 is 1. The van der Waals surface area contributed by atoms with Crippen LogP contribution in [0.5, 0.6) is 5.88 Å². The first-order chi connectivity index (χ1) is 9.47. The summed E-state index contributed by atoms with van der Waals surface area (Å²) in [4.78, 5) is 9.06. The molecule has 1 heterocycles. The lowest BCUT2D eigenvalue weighted by Gasteiger charge is -2.19. The minimum absolute atomic E-state index is 0.103. The Kier molecular flexibility index (Phi) is 6.71. The summed E-state index contributed by atoms with van der Waals surface area (Å²) in [6, 6.07) is 1.86. The van der Waals surface area contributed by atoms with Gasteiger partial charge >= 0.3 is 0 Å². The molecular formula is C15H27N3O2. The number of nitrogens with zero attached hydrogens (tertiary/aromatic N) is 2. The molecule has 5 nitrogen and oxygen atoms in total. The number of nitrogens with one attached hydrogen (secondary N) is 1. The molecule has 0 unspecified atom stereocenters. The van der Waals surface area contributed by atoms with Crippen LogP contribution in [-0.4, -0.2) is 36.8 Å². The predicted octanol–water partition coefficient (Wildman–Crippen LogP) is 3.01. The van der Waals surface area contributed by atoms with Crippen molar-refractivity contribution in [1.29, 1.82) is 0 Å². The molecule has 1 N–H and O–H groups in total. The van der Waals surface area contributed by atoms with Crippen LogP contribution in [0.1, 0.15) is 46.4 Å². The van der Waals surface area contributed by atoms with Crippen molar-refractivity contribution in [3.05, 3.63) is 11.9 Å². The zero-order valence-corrected chi connectivity index (χ0v) is 13.3. The van der Waals surface area contributed by atoms with Crippen molar-refractivity contribution in [2.45, 2.75) is 46.0 Å². The summed E-state index contributed by atoms with van der Waals surface area (Å²) in [5.41, 5.74) is -0.103. The van der Waals surface area contributed by atoms with E-state index in [9.17, 15) is 0 Å². The molecule has 0 spiro atoms. The van der Waals surface area contributed by atoms with Crippen molar-refractivity contribution in [3.63, 3.8) is 0 Å². The minimum Gasteiger partial charge on any atom is -0.477 e. The highest BCUT2D eigenvalue weighted by molar-refractivity contribution is 5.39. The van der Waals surface area contributed by atoms with E-state index in [4.69, 9.17) is 9.47 Å². The molecule has 1 aromatic heterocycles. The van der Waals surface area contributed by atoms with Gasteiger partial charge in [0.15, 0.2) is 0 Å². The number of anilines is 1. The highest BCUT2D eigenvalue weighted by Crippen LogP contribution is 2.23. The number of hydrogen-bond acceptors (Lipinski definition) is 5. The Morgan fingerprint density at radius 1 is 1.20 bits per heavy atom. The Labute approximate surface area is 122 Å². The van der Waals surface area contributed by atoms with Gasteiger partial charge in [-0.25, -0.2) is 4.98 Å². The molecule has 1 aromatic rings.